The van der Waals surface area contributed by atoms with Crippen molar-refractivity contribution in [1.29, 1.82) is 0 Å². The van der Waals surface area contributed by atoms with Crippen LogP contribution in [-0.2, 0) is 9.59 Å². The Hall–Kier alpha value is -4.18. The van der Waals surface area contributed by atoms with Crippen molar-refractivity contribution >= 4 is 50.8 Å². The largest absolute Gasteiger partial charge is 0.486 e. The number of amides is 3. The van der Waals surface area contributed by atoms with Crippen molar-refractivity contribution in [2.24, 2.45) is 0 Å². The van der Waals surface area contributed by atoms with E-state index in [1.807, 2.05) is 18.2 Å². The van der Waals surface area contributed by atoms with Crippen molar-refractivity contribution < 1.29 is 28.7 Å². The lowest BCUT2D eigenvalue weighted by atomic mass is 10.1. The maximum Gasteiger partial charge on any atom is 0.296 e. The molecule has 1 atom stereocenters. The van der Waals surface area contributed by atoms with Crippen LogP contribution in [0.1, 0.15) is 27.6 Å². The van der Waals surface area contributed by atoms with Crippen molar-refractivity contribution in [3.63, 3.8) is 0 Å². The van der Waals surface area contributed by atoms with Crippen molar-refractivity contribution in [2.75, 3.05) is 23.8 Å². The Kier molecular flexibility index (Phi) is 7.65. The predicted molar refractivity (Wildman–Crippen MR) is 137 cm³/mol. The molecule has 0 saturated carbocycles. The van der Waals surface area contributed by atoms with Crippen LogP contribution in [0.2, 0.25) is 0 Å². The molecular formula is C26H22BrN3O6. The number of hydrogen-bond donors (Lipinski definition) is 3. The molecule has 0 radical (unpaired) electrons. The average molecular weight is 552 g/mol. The number of benzene rings is 3. The molecule has 3 amide bonds. The van der Waals surface area contributed by atoms with E-state index in [0.717, 1.165) is 0 Å². The number of carbonyl (C=O) groups excluding carboxylic acids is 4. The van der Waals surface area contributed by atoms with Gasteiger partial charge < -0.3 is 25.4 Å². The number of nitrogens with one attached hydrogen (secondary N) is 3. The molecule has 3 N–H and O–H groups in total. The molecule has 1 heterocycles. The highest BCUT2D eigenvalue weighted by molar-refractivity contribution is 9.10. The summed E-state index contributed by atoms with van der Waals surface area (Å²) in [6.07, 6.45) is -0.354. The van der Waals surface area contributed by atoms with Gasteiger partial charge in [0.2, 0.25) is 5.91 Å². The number of hydrogen-bond acceptors (Lipinski definition) is 6. The summed E-state index contributed by atoms with van der Waals surface area (Å²) in [5.41, 5.74) is 0.805. The molecule has 4 rings (SSSR count). The van der Waals surface area contributed by atoms with E-state index in [4.69, 9.17) is 9.47 Å². The van der Waals surface area contributed by atoms with Gasteiger partial charge >= 0.3 is 0 Å². The second kappa shape index (κ2) is 11.0. The first-order valence-corrected chi connectivity index (χ1v) is 11.8. The van der Waals surface area contributed by atoms with Gasteiger partial charge in [0, 0.05) is 22.6 Å². The Labute approximate surface area is 215 Å². The first-order chi connectivity index (χ1) is 17.3. The van der Waals surface area contributed by atoms with E-state index in [1.165, 1.54) is 25.1 Å². The third kappa shape index (κ3) is 6.08. The molecule has 0 spiro atoms. The van der Waals surface area contributed by atoms with Crippen LogP contribution < -0.4 is 25.4 Å². The van der Waals surface area contributed by atoms with Gasteiger partial charge in [0.25, 0.3) is 17.6 Å². The van der Waals surface area contributed by atoms with Crippen molar-refractivity contribution in [3.8, 4) is 11.5 Å². The Morgan fingerprint density at radius 3 is 2.50 bits per heavy atom. The summed E-state index contributed by atoms with van der Waals surface area (Å²) in [5, 5.41) is 7.84. The third-order valence-corrected chi connectivity index (χ3v) is 5.68. The zero-order chi connectivity index (χ0) is 25.7. The zero-order valence-electron chi connectivity index (χ0n) is 19.2. The van der Waals surface area contributed by atoms with Crippen molar-refractivity contribution in [2.45, 2.75) is 13.0 Å². The molecule has 184 valence electrons. The normalized spacial score (nSPS) is 13.9. The maximum atomic E-state index is 12.8. The van der Waals surface area contributed by atoms with Crippen molar-refractivity contribution in [1.82, 2.24) is 5.32 Å². The molecule has 0 unspecified atom stereocenters. The fraction of sp³-hybridized carbons (Fsp3) is 0.154. The SMILES string of the molecule is CC(=O)Nc1ccc(Br)cc1C(=O)C(=O)Nc1cccc(C(=O)NC[C@@H]2COc3ccccc3O2)c1. The van der Waals surface area contributed by atoms with E-state index in [-0.39, 0.29) is 41.4 Å². The minimum absolute atomic E-state index is 0.0299. The molecule has 1 aliphatic rings. The number of halogens is 1. The van der Waals surface area contributed by atoms with Gasteiger partial charge in [0.1, 0.15) is 12.7 Å². The standard InChI is InChI=1S/C26H22BrN3O6/c1-15(31)29-21-10-9-17(27)12-20(21)24(32)26(34)30-18-6-4-5-16(11-18)25(33)28-13-19-14-35-22-7-2-3-8-23(22)36-19/h2-12,19H,13-14H2,1H3,(H,28,33)(H,29,31)(H,30,34)/t19-/m1/s1. The third-order valence-electron chi connectivity index (χ3n) is 5.18. The van der Waals surface area contributed by atoms with Gasteiger partial charge in [-0.05, 0) is 48.5 Å². The summed E-state index contributed by atoms with van der Waals surface area (Å²) in [5.74, 6) is -1.23. The number of ether oxygens (including phenoxy) is 2. The Morgan fingerprint density at radius 1 is 0.944 bits per heavy atom. The van der Waals surface area contributed by atoms with E-state index in [1.54, 1.807) is 30.3 Å². The van der Waals surface area contributed by atoms with Gasteiger partial charge in [-0.1, -0.05) is 34.1 Å². The molecule has 0 aromatic heterocycles. The Bertz CT molecular complexity index is 1340. The highest BCUT2D eigenvalue weighted by atomic mass is 79.9. The zero-order valence-corrected chi connectivity index (χ0v) is 20.8. The Morgan fingerprint density at radius 2 is 1.72 bits per heavy atom. The monoisotopic (exact) mass is 551 g/mol. The van der Waals surface area contributed by atoms with Gasteiger partial charge in [-0.15, -0.1) is 0 Å². The van der Waals surface area contributed by atoms with Crippen LogP contribution in [-0.4, -0.2) is 42.8 Å². The lowest BCUT2D eigenvalue weighted by Crippen LogP contribution is -2.40. The molecule has 0 fully saturated rings. The molecule has 1 aliphatic heterocycles. The van der Waals surface area contributed by atoms with Crippen LogP contribution in [0.5, 0.6) is 11.5 Å². The number of para-hydroxylation sites is 2. The lowest BCUT2D eigenvalue weighted by molar-refractivity contribution is -0.114. The van der Waals surface area contributed by atoms with E-state index >= 15 is 0 Å². The minimum Gasteiger partial charge on any atom is -0.486 e. The molecule has 0 aliphatic carbocycles. The van der Waals surface area contributed by atoms with E-state index in [2.05, 4.69) is 31.9 Å². The van der Waals surface area contributed by atoms with Crippen molar-refractivity contribution in [3.05, 3.63) is 82.3 Å². The molecule has 0 bridgehead atoms. The van der Waals surface area contributed by atoms with Gasteiger partial charge in [-0.3, -0.25) is 19.2 Å². The molecule has 3 aromatic rings. The van der Waals surface area contributed by atoms with Gasteiger partial charge in [-0.25, -0.2) is 0 Å². The van der Waals surface area contributed by atoms with Gasteiger partial charge in [-0.2, -0.15) is 0 Å². The average Bonchev–Trinajstić information content (AvgIpc) is 2.87. The van der Waals surface area contributed by atoms with Crippen LogP contribution in [0.3, 0.4) is 0 Å². The topological polar surface area (TPSA) is 123 Å². The lowest BCUT2D eigenvalue weighted by Gasteiger charge is -2.26. The Balaban J connectivity index is 1.38. The summed E-state index contributed by atoms with van der Waals surface area (Å²) >= 11 is 3.27. The van der Waals surface area contributed by atoms with Crippen LogP contribution in [0.25, 0.3) is 0 Å². The van der Waals surface area contributed by atoms with Crippen LogP contribution in [0.15, 0.2) is 71.2 Å². The van der Waals surface area contributed by atoms with Gasteiger partial charge in [0.15, 0.2) is 11.5 Å². The van der Waals surface area contributed by atoms with Crippen LogP contribution >= 0.6 is 15.9 Å². The molecule has 9 nitrogen and oxygen atoms in total. The highest BCUT2D eigenvalue weighted by Crippen LogP contribution is 2.30. The number of ketones is 1. The molecule has 10 heteroatoms. The first-order valence-electron chi connectivity index (χ1n) is 11.0. The summed E-state index contributed by atoms with van der Waals surface area (Å²) < 4.78 is 12.1. The van der Waals surface area contributed by atoms with Crippen LogP contribution in [0.4, 0.5) is 11.4 Å². The molecule has 36 heavy (non-hydrogen) atoms. The number of rotatable bonds is 7. The number of anilines is 2. The summed E-state index contributed by atoms with van der Waals surface area (Å²) in [4.78, 5) is 49.6. The summed E-state index contributed by atoms with van der Waals surface area (Å²) in [6.45, 7) is 1.82. The fourth-order valence-electron chi connectivity index (χ4n) is 3.52. The predicted octanol–water partition coefficient (Wildman–Crippen LogP) is 3.80. The summed E-state index contributed by atoms with van der Waals surface area (Å²) in [6, 6.07) is 18.1. The highest BCUT2D eigenvalue weighted by Gasteiger charge is 2.23. The number of fused-ring (bicyclic) bond motifs is 1. The second-order valence-corrected chi connectivity index (χ2v) is 8.86. The first kappa shape index (κ1) is 24.9. The smallest absolute Gasteiger partial charge is 0.296 e. The summed E-state index contributed by atoms with van der Waals surface area (Å²) in [7, 11) is 0. The van der Waals surface area contributed by atoms with E-state index in [9.17, 15) is 19.2 Å². The second-order valence-electron chi connectivity index (χ2n) is 7.94. The van der Waals surface area contributed by atoms with Gasteiger partial charge in [0.05, 0.1) is 17.8 Å². The fourth-order valence-corrected chi connectivity index (χ4v) is 3.88. The molecule has 3 aromatic carbocycles. The maximum absolute atomic E-state index is 12.8. The van der Waals surface area contributed by atoms with E-state index in [0.29, 0.717) is 28.1 Å². The molecular weight excluding hydrogens is 530 g/mol. The number of carbonyl (C=O) groups is 4. The molecule has 0 saturated heterocycles. The quantitative estimate of drug-likeness (QED) is 0.303. The van der Waals surface area contributed by atoms with Crippen LogP contribution in [0, 0.1) is 0 Å². The number of Topliss-reactive ketones (excluding diaryl/α,β-unsaturated/α-hetero) is 1. The van der Waals surface area contributed by atoms with E-state index < -0.39 is 11.7 Å². The minimum atomic E-state index is -0.913.